The summed E-state index contributed by atoms with van der Waals surface area (Å²) in [5, 5.41) is 10.9. The lowest BCUT2D eigenvalue weighted by molar-refractivity contribution is -0.385. The van der Waals surface area contributed by atoms with Gasteiger partial charge in [-0.15, -0.1) is 0 Å². The highest BCUT2D eigenvalue weighted by Gasteiger charge is 2.18. The maximum Gasteiger partial charge on any atom is 0.339 e. The number of nitrogens with zero attached hydrogens (tertiary/aromatic N) is 1. The van der Waals surface area contributed by atoms with Crippen LogP contribution in [0.3, 0.4) is 0 Å². The summed E-state index contributed by atoms with van der Waals surface area (Å²) in [5.41, 5.74) is 0.600. The number of esters is 1. The van der Waals surface area contributed by atoms with Crippen LogP contribution in [0.1, 0.15) is 26.3 Å². The lowest BCUT2D eigenvalue weighted by atomic mass is 10.1. The van der Waals surface area contributed by atoms with Gasteiger partial charge < -0.3 is 9.47 Å². The van der Waals surface area contributed by atoms with Crippen molar-refractivity contribution < 1.29 is 24.0 Å². The monoisotopic (exact) mass is 407 g/mol. The maximum atomic E-state index is 12.1. The third kappa shape index (κ3) is 4.42. The first-order valence-corrected chi connectivity index (χ1v) is 7.91. The van der Waals surface area contributed by atoms with Gasteiger partial charge in [-0.25, -0.2) is 4.79 Å². The first-order chi connectivity index (χ1) is 11.8. The summed E-state index contributed by atoms with van der Waals surface area (Å²) in [6.45, 7) is 1.05. The van der Waals surface area contributed by atoms with Crippen LogP contribution >= 0.6 is 15.9 Å². The Kier molecular flexibility index (Phi) is 5.87. The van der Waals surface area contributed by atoms with Gasteiger partial charge in [0.05, 0.1) is 17.6 Å². The largest absolute Gasteiger partial charge is 0.497 e. The summed E-state index contributed by atoms with van der Waals surface area (Å²) in [5.74, 6) is -0.771. The van der Waals surface area contributed by atoms with E-state index in [1.165, 1.54) is 31.4 Å². The van der Waals surface area contributed by atoms with Gasteiger partial charge >= 0.3 is 5.97 Å². The van der Waals surface area contributed by atoms with Crippen LogP contribution in [0.5, 0.6) is 5.75 Å². The van der Waals surface area contributed by atoms with Crippen molar-refractivity contribution in [3.8, 4) is 5.75 Å². The van der Waals surface area contributed by atoms with Gasteiger partial charge in [0.2, 0.25) is 5.78 Å². The number of carbonyl (C=O) groups excluding carboxylic acids is 2. The third-order valence-corrected chi connectivity index (χ3v) is 4.15. The first-order valence-electron chi connectivity index (χ1n) is 7.12. The molecule has 7 nitrogen and oxygen atoms in total. The predicted octanol–water partition coefficient (Wildman–Crippen LogP) is 3.71. The molecule has 25 heavy (non-hydrogen) atoms. The molecule has 0 spiro atoms. The minimum atomic E-state index is -0.708. The van der Waals surface area contributed by atoms with Crippen molar-refractivity contribution in [1.29, 1.82) is 0 Å². The van der Waals surface area contributed by atoms with E-state index in [-0.39, 0.29) is 16.8 Å². The van der Waals surface area contributed by atoms with Crippen LogP contribution in [0.15, 0.2) is 40.9 Å². The quantitative estimate of drug-likeness (QED) is 0.313. The molecule has 130 valence electrons. The van der Waals surface area contributed by atoms with E-state index in [0.717, 1.165) is 0 Å². The lowest BCUT2D eigenvalue weighted by Gasteiger charge is -2.08. The summed E-state index contributed by atoms with van der Waals surface area (Å²) in [6, 6.07) is 8.88. The van der Waals surface area contributed by atoms with Gasteiger partial charge in [-0.2, -0.15) is 0 Å². The standard InChI is InChI=1S/C17H14BrNO6/c1-10-3-4-11(7-15(10)19(22)23)16(20)9-25-17(21)13-8-12(24-2)5-6-14(13)18/h3-8H,9H2,1-2H3. The molecular formula is C17H14BrNO6. The molecule has 0 heterocycles. The zero-order valence-electron chi connectivity index (χ0n) is 13.4. The molecule has 0 bridgehead atoms. The van der Waals surface area contributed by atoms with Gasteiger partial charge in [-0.1, -0.05) is 12.1 Å². The molecule has 2 aromatic rings. The molecular weight excluding hydrogens is 394 g/mol. The fourth-order valence-corrected chi connectivity index (χ4v) is 2.47. The number of methoxy groups -OCH3 is 1. The number of hydrogen-bond acceptors (Lipinski definition) is 6. The van der Waals surface area contributed by atoms with Gasteiger partial charge in [-0.05, 0) is 41.1 Å². The Morgan fingerprint density at radius 2 is 1.92 bits per heavy atom. The van der Waals surface area contributed by atoms with Crippen molar-refractivity contribution >= 4 is 33.4 Å². The molecule has 0 aliphatic rings. The fraction of sp³-hybridized carbons (Fsp3) is 0.176. The molecule has 0 aliphatic heterocycles. The summed E-state index contributed by atoms with van der Waals surface area (Å²) in [4.78, 5) is 34.6. The van der Waals surface area contributed by atoms with E-state index in [4.69, 9.17) is 9.47 Å². The molecule has 0 unspecified atom stereocenters. The molecule has 2 aromatic carbocycles. The van der Waals surface area contributed by atoms with Gasteiger partial charge in [0.25, 0.3) is 5.69 Å². The second-order valence-electron chi connectivity index (χ2n) is 5.10. The highest BCUT2D eigenvalue weighted by Crippen LogP contribution is 2.23. The number of nitro groups is 1. The van der Waals surface area contributed by atoms with Gasteiger partial charge in [-0.3, -0.25) is 14.9 Å². The normalized spacial score (nSPS) is 10.2. The van der Waals surface area contributed by atoms with E-state index in [9.17, 15) is 19.7 Å². The second kappa shape index (κ2) is 7.89. The Balaban J connectivity index is 2.11. The van der Waals surface area contributed by atoms with Crippen LogP contribution in [0.25, 0.3) is 0 Å². The van der Waals surface area contributed by atoms with E-state index in [1.807, 2.05) is 0 Å². The zero-order valence-corrected chi connectivity index (χ0v) is 15.0. The van der Waals surface area contributed by atoms with Crippen molar-refractivity contribution in [2.75, 3.05) is 13.7 Å². The second-order valence-corrected chi connectivity index (χ2v) is 5.96. The summed E-state index contributed by atoms with van der Waals surface area (Å²) in [7, 11) is 1.46. The Morgan fingerprint density at radius 1 is 1.20 bits per heavy atom. The molecule has 0 atom stereocenters. The summed E-state index contributed by atoms with van der Waals surface area (Å²) >= 11 is 3.23. The van der Waals surface area contributed by atoms with E-state index in [0.29, 0.717) is 15.8 Å². The number of carbonyl (C=O) groups is 2. The number of hydrogen-bond donors (Lipinski definition) is 0. The maximum absolute atomic E-state index is 12.1. The molecule has 0 aromatic heterocycles. The molecule has 0 amide bonds. The zero-order chi connectivity index (χ0) is 18.6. The molecule has 0 fully saturated rings. The van der Waals surface area contributed by atoms with Crippen molar-refractivity contribution in [2.24, 2.45) is 0 Å². The van der Waals surface area contributed by atoms with Gasteiger partial charge in [0.1, 0.15) is 5.75 Å². The summed E-state index contributed by atoms with van der Waals surface area (Å²) in [6.07, 6.45) is 0. The number of Topliss-reactive ketones (excluding diaryl/α,β-unsaturated/α-hetero) is 1. The highest BCUT2D eigenvalue weighted by molar-refractivity contribution is 9.10. The van der Waals surface area contributed by atoms with Crippen molar-refractivity contribution in [3.05, 3.63) is 67.7 Å². The van der Waals surface area contributed by atoms with Crippen LogP contribution in [-0.4, -0.2) is 30.4 Å². The molecule has 0 radical (unpaired) electrons. The number of aryl methyl sites for hydroxylation is 1. The van der Waals surface area contributed by atoms with Crippen LogP contribution in [0.4, 0.5) is 5.69 Å². The van der Waals surface area contributed by atoms with Crippen LogP contribution in [0.2, 0.25) is 0 Å². The predicted molar refractivity (Wildman–Crippen MR) is 93.1 cm³/mol. The Labute approximate surface area is 151 Å². The Bertz CT molecular complexity index is 849. The third-order valence-electron chi connectivity index (χ3n) is 3.46. The summed E-state index contributed by atoms with van der Waals surface area (Å²) < 4.78 is 10.6. The number of ether oxygens (including phenoxy) is 2. The van der Waals surface area contributed by atoms with Crippen LogP contribution in [0, 0.1) is 17.0 Å². The lowest BCUT2D eigenvalue weighted by Crippen LogP contribution is -2.15. The number of rotatable bonds is 6. The Morgan fingerprint density at radius 3 is 2.56 bits per heavy atom. The van der Waals surface area contributed by atoms with Gasteiger partial charge in [0.15, 0.2) is 6.61 Å². The number of ketones is 1. The topological polar surface area (TPSA) is 95.7 Å². The minimum absolute atomic E-state index is 0.106. The number of nitro benzene ring substituents is 1. The van der Waals surface area contributed by atoms with Crippen molar-refractivity contribution in [3.63, 3.8) is 0 Å². The Hall–Kier alpha value is -2.74. The van der Waals surface area contributed by atoms with Gasteiger partial charge in [0, 0.05) is 21.7 Å². The van der Waals surface area contributed by atoms with Crippen LogP contribution < -0.4 is 4.74 Å². The number of benzene rings is 2. The van der Waals surface area contributed by atoms with E-state index in [1.54, 1.807) is 19.1 Å². The molecule has 0 saturated carbocycles. The fourth-order valence-electron chi connectivity index (χ4n) is 2.06. The smallest absolute Gasteiger partial charge is 0.339 e. The van der Waals surface area contributed by atoms with Crippen molar-refractivity contribution in [2.45, 2.75) is 6.92 Å². The molecule has 8 heteroatoms. The highest BCUT2D eigenvalue weighted by atomic mass is 79.9. The van der Waals surface area contributed by atoms with E-state index >= 15 is 0 Å². The molecule has 0 aliphatic carbocycles. The average Bonchev–Trinajstić information content (AvgIpc) is 2.59. The molecule has 2 rings (SSSR count). The van der Waals surface area contributed by atoms with E-state index in [2.05, 4.69) is 15.9 Å². The van der Waals surface area contributed by atoms with E-state index < -0.39 is 23.3 Å². The average molecular weight is 408 g/mol. The first kappa shape index (κ1) is 18.6. The molecule has 0 saturated heterocycles. The number of halogens is 1. The SMILES string of the molecule is COc1ccc(Br)c(C(=O)OCC(=O)c2ccc(C)c([N+](=O)[O-])c2)c1. The van der Waals surface area contributed by atoms with Crippen LogP contribution in [-0.2, 0) is 4.74 Å². The minimum Gasteiger partial charge on any atom is -0.497 e. The van der Waals surface area contributed by atoms with Crippen molar-refractivity contribution in [1.82, 2.24) is 0 Å². The molecule has 0 N–H and O–H groups in total.